The van der Waals surface area contributed by atoms with E-state index in [1.165, 1.54) is 16.0 Å². The molecule has 24 heavy (non-hydrogen) atoms. The van der Waals surface area contributed by atoms with E-state index in [2.05, 4.69) is 43.7 Å². The molecule has 3 aromatic heterocycles. The maximum Gasteiger partial charge on any atom is 0.150 e. The van der Waals surface area contributed by atoms with Crippen LogP contribution in [0.15, 0.2) is 24.0 Å². The minimum Gasteiger partial charge on any atom is -0.355 e. The first-order chi connectivity index (χ1) is 11.7. The molecule has 126 valence electrons. The van der Waals surface area contributed by atoms with Gasteiger partial charge in [0.15, 0.2) is 0 Å². The monoisotopic (exact) mass is 342 g/mol. The van der Waals surface area contributed by atoms with Crippen LogP contribution in [-0.4, -0.2) is 38.9 Å². The number of nitrogens with zero attached hydrogens (tertiary/aromatic N) is 5. The molecule has 1 aliphatic rings. The van der Waals surface area contributed by atoms with Gasteiger partial charge in [-0.3, -0.25) is 4.68 Å². The van der Waals surface area contributed by atoms with Crippen LogP contribution in [0, 0.1) is 6.92 Å². The molecule has 0 amide bonds. The highest BCUT2D eigenvalue weighted by Crippen LogP contribution is 2.29. The van der Waals surface area contributed by atoms with Gasteiger partial charge in [0.2, 0.25) is 0 Å². The lowest BCUT2D eigenvalue weighted by atomic mass is 10.0. The van der Waals surface area contributed by atoms with Crippen molar-refractivity contribution in [1.82, 2.24) is 25.1 Å². The number of anilines is 1. The number of thiophene rings is 1. The molecule has 0 radical (unpaired) electrons. The molecule has 4 heterocycles. The Kier molecular flexibility index (Phi) is 4.20. The van der Waals surface area contributed by atoms with Crippen molar-refractivity contribution in [2.75, 3.05) is 18.0 Å². The highest BCUT2D eigenvalue weighted by Gasteiger charge is 2.22. The zero-order chi connectivity index (χ0) is 16.5. The third kappa shape index (κ3) is 2.89. The summed E-state index contributed by atoms with van der Waals surface area (Å²) in [6.45, 7) is 5.09. The summed E-state index contributed by atoms with van der Waals surface area (Å²) in [7, 11) is 1.99. The molecule has 6 nitrogen and oxygen atoms in total. The first kappa shape index (κ1) is 15.5. The average Bonchev–Trinajstić information content (AvgIpc) is 3.21. The molecular formula is C17H22N6S. The van der Waals surface area contributed by atoms with Crippen molar-refractivity contribution in [3.63, 3.8) is 0 Å². The summed E-state index contributed by atoms with van der Waals surface area (Å²) in [5, 5.41) is 10.1. The van der Waals surface area contributed by atoms with Crippen molar-refractivity contribution in [3.8, 4) is 0 Å². The zero-order valence-corrected chi connectivity index (χ0v) is 14.9. The SMILES string of the molecule is Cc1c(CNC2CCN(c3ncnc4ccsc34)CC2)cnn1C. The lowest BCUT2D eigenvalue weighted by molar-refractivity contribution is 0.413. The Morgan fingerprint density at radius 1 is 1.29 bits per heavy atom. The molecule has 7 heteroatoms. The first-order valence-electron chi connectivity index (χ1n) is 8.36. The second kappa shape index (κ2) is 6.49. The van der Waals surface area contributed by atoms with E-state index in [9.17, 15) is 0 Å². The van der Waals surface area contributed by atoms with Gasteiger partial charge in [0.1, 0.15) is 12.1 Å². The van der Waals surface area contributed by atoms with Crippen LogP contribution >= 0.6 is 11.3 Å². The maximum absolute atomic E-state index is 4.53. The quantitative estimate of drug-likeness (QED) is 0.789. The van der Waals surface area contributed by atoms with Gasteiger partial charge in [-0.05, 0) is 31.2 Å². The van der Waals surface area contributed by atoms with Crippen LogP contribution in [0.1, 0.15) is 24.1 Å². The molecule has 1 saturated heterocycles. The Bertz CT molecular complexity index is 831. The van der Waals surface area contributed by atoms with Crippen molar-refractivity contribution in [2.45, 2.75) is 32.4 Å². The van der Waals surface area contributed by atoms with Gasteiger partial charge >= 0.3 is 0 Å². The summed E-state index contributed by atoms with van der Waals surface area (Å²) in [5.74, 6) is 1.09. The van der Waals surface area contributed by atoms with Crippen LogP contribution in [0.4, 0.5) is 5.82 Å². The number of rotatable bonds is 4. The fourth-order valence-electron chi connectivity index (χ4n) is 3.27. The van der Waals surface area contributed by atoms with E-state index < -0.39 is 0 Å². The summed E-state index contributed by atoms with van der Waals surface area (Å²) >= 11 is 1.73. The number of aromatic nitrogens is 4. The number of fused-ring (bicyclic) bond motifs is 1. The Labute approximate surface area is 145 Å². The van der Waals surface area contributed by atoms with Crippen LogP contribution in [0.3, 0.4) is 0 Å². The molecule has 0 spiro atoms. The fourth-order valence-corrected chi connectivity index (χ4v) is 4.13. The molecule has 0 atom stereocenters. The Balaban J connectivity index is 1.37. The molecular weight excluding hydrogens is 320 g/mol. The van der Waals surface area contributed by atoms with Crippen LogP contribution in [0.5, 0.6) is 0 Å². The summed E-state index contributed by atoms with van der Waals surface area (Å²) in [6, 6.07) is 2.62. The molecule has 0 unspecified atom stereocenters. The van der Waals surface area contributed by atoms with Gasteiger partial charge < -0.3 is 10.2 Å². The van der Waals surface area contributed by atoms with Crippen molar-refractivity contribution >= 4 is 27.4 Å². The second-order valence-corrected chi connectivity index (χ2v) is 7.27. The van der Waals surface area contributed by atoms with Gasteiger partial charge in [-0.1, -0.05) is 0 Å². The number of nitrogens with one attached hydrogen (secondary N) is 1. The second-order valence-electron chi connectivity index (χ2n) is 6.35. The van der Waals surface area contributed by atoms with Gasteiger partial charge in [0.05, 0.1) is 16.4 Å². The minimum atomic E-state index is 0.557. The molecule has 1 aliphatic heterocycles. The summed E-state index contributed by atoms with van der Waals surface area (Å²) in [4.78, 5) is 11.3. The van der Waals surface area contributed by atoms with Crippen molar-refractivity contribution in [3.05, 3.63) is 35.2 Å². The van der Waals surface area contributed by atoms with Crippen molar-refractivity contribution in [2.24, 2.45) is 7.05 Å². The molecule has 0 aromatic carbocycles. The number of hydrogen-bond acceptors (Lipinski definition) is 6. The fraction of sp³-hybridized carbons (Fsp3) is 0.471. The van der Waals surface area contributed by atoms with E-state index in [0.717, 1.165) is 43.8 Å². The lowest BCUT2D eigenvalue weighted by Crippen LogP contribution is -2.42. The zero-order valence-electron chi connectivity index (χ0n) is 14.1. The van der Waals surface area contributed by atoms with Gasteiger partial charge in [0.25, 0.3) is 0 Å². The molecule has 0 saturated carbocycles. The van der Waals surface area contributed by atoms with E-state index in [-0.39, 0.29) is 0 Å². The standard InChI is InChI=1S/C17H22N6S/c1-12-13(10-21-22(12)2)9-18-14-3-6-23(7-4-14)17-16-15(5-8-24-16)19-11-20-17/h5,8,10-11,14,18H,3-4,6-7,9H2,1-2H3. The van der Waals surface area contributed by atoms with E-state index >= 15 is 0 Å². The third-order valence-corrected chi connectivity index (χ3v) is 5.84. The molecule has 0 bridgehead atoms. The number of aryl methyl sites for hydroxylation is 1. The summed E-state index contributed by atoms with van der Waals surface area (Å²) < 4.78 is 3.14. The van der Waals surface area contributed by atoms with Crippen LogP contribution in [0.2, 0.25) is 0 Å². The summed E-state index contributed by atoms with van der Waals surface area (Å²) in [6.07, 6.45) is 5.91. The van der Waals surface area contributed by atoms with E-state index in [1.807, 2.05) is 17.9 Å². The van der Waals surface area contributed by atoms with E-state index in [0.29, 0.717) is 6.04 Å². The molecule has 1 N–H and O–H groups in total. The van der Waals surface area contributed by atoms with Gasteiger partial charge in [-0.2, -0.15) is 5.10 Å². The molecule has 4 rings (SSSR count). The molecule has 1 fully saturated rings. The first-order valence-corrected chi connectivity index (χ1v) is 9.24. The Morgan fingerprint density at radius 2 is 2.12 bits per heavy atom. The third-order valence-electron chi connectivity index (χ3n) is 4.94. The predicted octanol–water partition coefficient (Wildman–Crippen LogP) is 2.49. The Morgan fingerprint density at radius 3 is 2.88 bits per heavy atom. The van der Waals surface area contributed by atoms with E-state index in [4.69, 9.17) is 0 Å². The van der Waals surface area contributed by atoms with Crippen molar-refractivity contribution in [1.29, 1.82) is 0 Å². The topological polar surface area (TPSA) is 58.9 Å². The average molecular weight is 342 g/mol. The van der Waals surface area contributed by atoms with Crippen LogP contribution < -0.4 is 10.2 Å². The number of piperidine rings is 1. The molecule has 0 aliphatic carbocycles. The van der Waals surface area contributed by atoms with E-state index in [1.54, 1.807) is 17.7 Å². The maximum atomic E-state index is 4.53. The lowest BCUT2D eigenvalue weighted by Gasteiger charge is -2.33. The summed E-state index contributed by atoms with van der Waals surface area (Å²) in [5.41, 5.74) is 3.58. The highest BCUT2D eigenvalue weighted by molar-refractivity contribution is 7.17. The molecule has 3 aromatic rings. The van der Waals surface area contributed by atoms with Gasteiger partial charge in [-0.15, -0.1) is 11.3 Å². The smallest absolute Gasteiger partial charge is 0.150 e. The highest BCUT2D eigenvalue weighted by atomic mass is 32.1. The largest absolute Gasteiger partial charge is 0.355 e. The van der Waals surface area contributed by atoms with Gasteiger partial charge in [0, 0.05) is 44.0 Å². The van der Waals surface area contributed by atoms with Crippen molar-refractivity contribution < 1.29 is 0 Å². The van der Waals surface area contributed by atoms with Crippen LogP contribution in [-0.2, 0) is 13.6 Å². The van der Waals surface area contributed by atoms with Gasteiger partial charge in [-0.25, -0.2) is 9.97 Å². The Hall–Kier alpha value is -1.99. The minimum absolute atomic E-state index is 0.557. The van der Waals surface area contributed by atoms with Crippen LogP contribution in [0.25, 0.3) is 10.2 Å². The predicted molar refractivity (Wildman–Crippen MR) is 97.4 cm³/mol. The normalized spacial score (nSPS) is 16.2. The number of hydrogen-bond donors (Lipinski definition) is 1.